The Morgan fingerprint density at radius 2 is 1.97 bits per heavy atom. The first-order valence-electron chi connectivity index (χ1n) is 12.6. The molecular formula is C28H26FN7O. The molecule has 5 aromatic rings. The zero-order chi connectivity index (χ0) is 25.1. The molecule has 2 atom stereocenters. The van der Waals surface area contributed by atoms with Crippen LogP contribution in [0.4, 0.5) is 10.2 Å². The Hall–Kier alpha value is -4.27. The number of benzene rings is 1. The van der Waals surface area contributed by atoms with Gasteiger partial charge in [-0.1, -0.05) is 30.3 Å². The number of carbonyl (C=O) groups is 1. The Kier molecular flexibility index (Phi) is 4.99. The van der Waals surface area contributed by atoms with Crippen molar-refractivity contribution in [3.05, 3.63) is 78.2 Å². The zero-order valence-corrected chi connectivity index (χ0v) is 20.4. The van der Waals surface area contributed by atoms with Crippen molar-refractivity contribution in [3.8, 4) is 11.3 Å². The number of amides is 1. The van der Waals surface area contributed by atoms with Crippen LogP contribution in [0.25, 0.3) is 27.9 Å². The maximum absolute atomic E-state index is 13.5. The van der Waals surface area contributed by atoms with Gasteiger partial charge in [0, 0.05) is 55.5 Å². The van der Waals surface area contributed by atoms with Gasteiger partial charge in [-0.25, -0.2) is 14.4 Å². The lowest BCUT2D eigenvalue weighted by Gasteiger charge is -2.21. The molecular weight excluding hydrogens is 469 g/mol. The molecule has 2 aliphatic rings. The number of alkyl halides is 1. The van der Waals surface area contributed by atoms with E-state index in [2.05, 4.69) is 49.3 Å². The molecule has 1 N–H and O–H groups in total. The Morgan fingerprint density at radius 3 is 2.73 bits per heavy atom. The van der Waals surface area contributed by atoms with Gasteiger partial charge in [-0.15, -0.1) is 0 Å². The molecule has 186 valence electrons. The number of rotatable bonds is 7. The second-order valence-corrected chi connectivity index (χ2v) is 10.0. The number of nitrogens with zero attached hydrogens (tertiary/aromatic N) is 6. The summed E-state index contributed by atoms with van der Waals surface area (Å²) in [5.41, 5.74) is 4.57. The third-order valence-electron chi connectivity index (χ3n) is 7.19. The summed E-state index contributed by atoms with van der Waals surface area (Å²) in [6.45, 7) is 0.651. The van der Waals surface area contributed by atoms with Gasteiger partial charge in [0.2, 0.25) is 0 Å². The van der Waals surface area contributed by atoms with Crippen molar-refractivity contribution in [1.82, 2.24) is 29.5 Å². The monoisotopic (exact) mass is 495 g/mol. The highest BCUT2D eigenvalue weighted by Gasteiger charge is 2.39. The van der Waals surface area contributed by atoms with Gasteiger partial charge >= 0.3 is 0 Å². The van der Waals surface area contributed by atoms with Gasteiger partial charge in [-0.05, 0) is 30.5 Å². The van der Waals surface area contributed by atoms with E-state index < -0.39 is 12.2 Å². The van der Waals surface area contributed by atoms with Crippen LogP contribution in [-0.4, -0.2) is 49.3 Å². The van der Waals surface area contributed by atoms with Crippen molar-refractivity contribution in [2.24, 2.45) is 0 Å². The molecule has 4 heterocycles. The lowest BCUT2D eigenvalue weighted by Crippen LogP contribution is -2.27. The number of carbonyl (C=O) groups excluding carboxylic acids is 1. The highest BCUT2D eigenvalue weighted by molar-refractivity contribution is 6.01. The molecule has 0 saturated heterocycles. The molecule has 2 aliphatic carbocycles. The maximum Gasteiger partial charge on any atom is 0.257 e. The molecule has 2 saturated carbocycles. The Morgan fingerprint density at radius 1 is 1.16 bits per heavy atom. The minimum Gasteiger partial charge on any atom is -0.355 e. The van der Waals surface area contributed by atoms with Crippen LogP contribution in [0.1, 0.15) is 41.2 Å². The molecule has 0 aliphatic heterocycles. The summed E-state index contributed by atoms with van der Waals surface area (Å²) < 4.78 is 17.4. The molecule has 1 aromatic carbocycles. The Balaban J connectivity index is 1.38. The van der Waals surface area contributed by atoms with Crippen LogP contribution >= 0.6 is 0 Å². The Labute approximate surface area is 212 Å². The fourth-order valence-corrected chi connectivity index (χ4v) is 4.93. The van der Waals surface area contributed by atoms with Crippen LogP contribution in [0, 0.1) is 0 Å². The first kappa shape index (κ1) is 22.0. The standard InChI is InChI=1S/C28H26FN7O/c1-34(15-17-6-3-2-4-7-17)25-13-23(21-16-35(18-9-10-18)26-19(21)8-5-11-30-26)32-27-20(14-31-36(25)27)28(37)33-24-12-22(24)29/h2-8,11,13-14,16,18,22,24H,9-10,12,15H2,1H3,(H,33,37)/t22-,24+/m0/s1. The predicted octanol–water partition coefficient (Wildman–Crippen LogP) is 4.56. The van der Waals surface area contributed by atoms with E-state index in [0.717, 1.165) is 46.5 Å². The van der Waals surface area contributed by atoms with Crippen molar-refractivity contribution in [1.29, 1.82) is 0 Å². The first-order valence-corrected chi connectivity index (χ1v) is 12.6. The number of hydrogen-bond donors (Lipinski definition) is 1. The number of fused-ring (bicyclic) bond motifs is 2. The minimum absolute atomic E-state index is 0.333. The maximum atomic E-state index is 13.5. The summed E-state index contributed by atoms with van der Waals surface area (Å²) in [6.07, 6.45) is 7.11. The molecule has 0 unspecified atom stereocenters. The molecule has 2 fully saturated rings. The van der Waals surface area contributed by atoms with Crippen LogP contribution in [0.2, 0.25) is 0 Å². The third-order valence-corrected chi connectivity index (χ3v) is 7.19. The largest absolute Gasteiger partial charge is 0.355 e. The van der Waals surface area contributed by atoms with Gasteiger partial charge < -0.3 is 14.8 Å². The fraction of sp³-hybridized carbons (Fsp3) is 0.286. The van der Waals surface area contributed by atoms with Crippen LogP contribution in [0.5, 0.6) is 0 Å². The average molecular weight is 496 g/mol. The van der Waals surface area contributed by atoms with E-state index in [-0.39, 0.29) is 5.91 Å². The fourth-order valence-electron chi connectivity index (χ4n) is 4.93. The summed E-state index contributed by atoms with van der Waals surface area (Å²) in [7, 11) is 2.00. The van der Waals surface area contributed by atoms with Gasteiger partial charge in [-0.3, -0.25) is 4.79 Å². The second kappa shape index (κ2) is 8.40. The van der Waals surface area contributed by atoms with E-state index in [1.807, 2.05) is 43.6 Å². The number of aromatic nitrogens is 5. The molecule has 37 heavy (non-hydrogen) atoms. The quantitative estimate of drug-likeness (QED) is 0.358. The van der Waals surface area contributed by atoms with E-state index in [4.69, 9.17) is 4.98 Å². The van der Waals surface area contributed by atoms with E-state index in [9.17, 15) is 9.18 Å². The summed E-state index contributed by atoms with van der Waals surface area (Å²) in [5.74, 6) is 0.442. The van der Waals surface area contributed by atoms with Gasteiger partial charge in [0.1, 0.15) is 23.2 Å². The summed E-state index contributed by atoms with van der Waals surface area (Å²) >= 11 is 0. The predicted molar refractivity (Wildman–Crippen MR) is 139 cm³/mol. The van der Waals surface area contributed by atoms with Crippen LogP contribution in [0.3, 0.4) is 0 Å². The molecule has 1 amide bonds. The van der Waals surface area contributed by atoms with Crippen molar-refractivity contribution in [3.63, 3.8) is 0 Å². The second-order valence-electron chi connectivity index (χ2n) is 10.0. The molecule has 0 bridgehead atoms. The van der Waals surface area contributed by atoms with Crippen molar-refractivity contribution in [2.75, 3.05) is 11.9 Å². The molecule has 0 radical (unpaired) electrons. The van der Waals surface area contributed by atoms with Gasteiger partial charge in [0.15, 0.2) is 5.65 Å². The van der Waals surface area contributed by atoms with Gasteiger partial charge in [0.05, 0.1) is 17.9 Å². The normalized spacial score (nSPS) is 18.9. The summed E-state index contributed by atoms with van der Waals surface area (Å²) in [4.78, 5) is 24.7. The zero-order valence-electron chi connectivity index (χ0n) is 20.4. The molecule has 4 aromatic heterocycles. The van der Waals surface area contributed by atoms with Crippen molar-refractivity contribution in [2.45, 2.75) is 44.1 Å². The van der Waals surface area contributed by atoms with Crippen LogP contribution in [0.15, 0.2) is 67.1 Å². The van der Waals surface area contributed by atoms with Gasteiger partial charge in [-0.2, -0.15) is 9.61 Å². The highest BCUT2D eigenvalue weighted by Crippen LogP contribution is 2.41. The van der Waals surface area contributed by atoms with E-state index >= 15 is 0 Å². The minimum atomic E-state index is -0.983. The highest BCUT2D eigenvalue weighted by atomic mass is 19.1. The lowest BCUT2D eigenvalue weighted by atomic mass is 10.1. The molecule has 9 heteroatoms. The van der Waals surface area contributed by atoms with E-state index in [0.29, 0.717) is 30.2 Å². The molecule has 0 spiro atoms. The summed E-state index contributed by atoms with van der Waals surface area (Å²) in [6, 6.07) is 16.2. The number of nitrogens with one attached hydrogen (secondary N) is 1. The Bertz CT molecular complexity index is 1640. The van der Waals surface area contributed by atoms with E-state index in [1.54, 1.807) is 4.52 Å². The number of anilines is 1. The number of pyridine rings is 1. The number of halogens is 1. The average Bonchev–Trinajstić information content (AvgIpc) is 3.79. The smallest absolute Gasteiger partial charge is 0.257 e. The topological polar surface area (TPSA) is 80.3 Å². The summed E-state index contributed by atoms with van der Waals surface area (Å²) in [5, 5.41) is 8.32. The molecule has 8 nitrogen and oxygen atoms in total. The van der Waals surface area contributed by atoms with Crippen molar-refractivity contribution >= 4 is 28.4 Å². The SMILES string of the molecule is CN(Cc1ccccc1)c1cc(-c2cn(C3CC3)c3ncccc23)nc2c(C(=O)N[C@@H]3C[C@@H]3F)cnn12. The van der Waals surface area contributed by atoms with E-state index in [1.165, 1.54) is 6.20 Å². The third kappa shape index (κ3) is 3.91. The first-order chi connectivity index (χ1) is 18.1. The van der Waals surface area contributed by atoms with Crippen molar-refractivity contribution < 1.29 is 9.18 Å². The van der Waals surface area contributed by atoms with Crippen LogP contribution in [-0.2, 0) is 6.54 Å². The van der Waals surface area contributed by atoms with Crippen LogP contribution < -0.4 is 10.2 Å². The van der Waals surface area contributed by atoms with Gasteiger partial charge in [0.25, 0.3) is 5.91 Å². The molecule has 7 rings (SSSR count). The lowest BCUT2D eigenvalue weighted by molar-refractivity contribution is 0.0949. The number of hydrogen-bond acceptors (Lipinski definition) is 5.